The van der Waals surface area contributed by atoms with E-state index in [1.807, 2.05) is 0 Å². The quantitative estimate of drug-likeness (QED) is 0.595. The van der Waals surface area contributed by atoms with E-state index in [9.17, 15) is 18.5 Å². The molecule has 0 saturated heterocycles. The third kappa shape index (κ3) is 2.74. The third-order valence-electron chi connectivity index (χ3n) is 2.38. The maximum absolute atomic E-state index is 11.6. The van der Waals surface area contributed by atoms with Crippen molar-refractivity contribution in [3.63, 3.8) is 0 Å². The molecule has 1 heterocycles. The molecule has 0 aliphatic carbocycles. The van der Waals surface area contributed by atoms with Crippen molar-refractivity contribution in [3.05, 3.63) is 34.4 Å². The first-order chi connectivity index (χ1) is 9.29. The summed E-state index contributed by atoms with van der Waals surface area (Å²) in [6.45, 7) is 1.42. The molecule has 0 spiro atoms. The Bertz CT molecular complexity index is 708. The van der Waals surface area contributed by atoms with Gasteiger partial charge in [-0.2, -0.15) is 13.4 Å². The van der Waals surface area contributed by atoms with Gasteiger partial charge in [0.15, 0.2) is 0 Å². The standard InChI is InChI=1S/C10H10N4O5S/c1-7-11-10(13(2)20(17,18)12-7)19-9-5-3-8(4-6-9)14(15)16/h3-6H,1-2H3. The Morgan fingerprint density at radius 2 is 1.90 bits per heavy atom. The minimum absolute atomic E-state index is 0.0417. The Kier molecular flexibility index (Phi) is 3.40. The van der Waals surface area contributed by atoms with Gasteiger partial charge in [-0.15, -0.1) is 4.40 Å². The van der Waals surface area contributed by atoms with E-state index in [0.29, 0.717) is 0 Å². The molecule has 0 atom stereocenters. The molecule has 1 aromatic carbocycles. The lowest BCUT2D eigenvalue weighted by molar-refractivity contribution is -0.384. The second kappa shape index (κ2) is 4.89. The molecule has 2 rings (SSSR count). The average molecular weight is 298 g/mol. The molecule has 1 aromatic rings. The van der Waals surface area contributed by atoms with E-state index in [1.54, 1.807) is 0 Å². The minimum Gasteiger partial charge on any atom is -0.425 e. The molecule has 9 nitrogen and oxygen atoms in total. The second-order valence-corrected chi connectivity index (χ2v) is 5.46. The first kappa shape index (κ1) is 13.9. The van der Waals surface area contributed by atoms with Crippen LogP contribution in [0, 0.1) is 10.1 Å². The summed E-state index contributed by atoms with van der Waals surface area (Å²) in [5.74, 6) is 0.270. The highest BCUT2D eigenvalue weighted by atomic mass is 32.2. The summed E-state index contributed by atoms with van der Waals surface area (Å²) in [6.07, 6.45) is 0. The fourth-order valence-electron chi connectivity index (χ4n) is 1.38. The van der Waals surface area contributed by atoms with Gasteiger partial charge in [0.25, 0.3) is 5.69 Å². The summed E-state index contributed by atoms with van der Waals surface area (Å²) in [7, 11) is -2.60. The number of hydrogen-bond acceptors (Lipinski definition) is 6. The first-order valence-electron chi connectivity index (χ1n) is 5.36. The van der Waals surface area contributed by atoms with E-state index in [2.05, 4.69) is 9.39 Å². The van der Waals surface area contributed by atoms with Crippen molar-refractivity contribution in [2.24, 2.45) is 9.39 Å². The fourth-order valence-corrected chi connectivity index (χ4v) is 2.16. The van der Waals surface area contributed by atoms with E-state index in [0.717, 1.165) is 4.31 Å². The SMILES string of the molecule is CC1=NS(=O)(=O)N(C)C(Oc2ccc([N+](=O)[O-])cc2)=N1. The number of aliphatic imine (C=N–C) groups is 1. The molecule has 0 fully saturated rings. The number of hydrogen-bond donors (Lipinski definition) is 0. The summed E-state index contributed by atoms with van der Waals surface area (Å²) >= 11 is 0. The van der Waals surface area contributed by atoms with Gasteiger partial charge >= 0.3 is 16.2 Å². The Hall–Kier alpha value is -2.49. The van der Waals surface area contributed by atoms with Crippen LogP contribution in [-0.2, 0) is 10.2 Å². The molecule has 1 aliphatic heterocycles. The summed E-state index contributed by atoms with van der Waals surface area (Å²) < 4.78 is 32.7. The van der Waals surface area contributed by atoms with Gasteiger partial charge in [0.1, 0.15) is 11.6 Å². The number of nitro groups is 1. The summed E-state index contributed by atoms with van der Waals surface area (Å²) in [5, 5.41) is 10.5. The Morgan fingerprint density at radius 3 is 2.45 bits per heavy atom. The smallest absolute Gasteiger partial charge is 0.349 e. The average Bonchev–Trinajstić information content (AvgIpc) is 2.35. The summed E-state index contributed by atoms with van der Waals surface area (Å²) in [6, 6.07) is 5.01. The monoisotopic (exact) mass is 298 g/mol. The van der Waals surface area contributed by atoms with Gasteiger partial charge < -0.3 is 4.74 Å². The zero-order chi connectivity index (χ0) is 14.9. The van der Waals surface area contributed by atoms with E-state index >= 15 is 0 Å². The molecule has 0 saturated carbocycles. The van der Waals surface area contributed by atoms with Crippen LogP contribution < -0.4 is 4.74 Å². The molecular weight excluding hydrogens is 288 g/mol. The molecule has 0 bridgehead atoms. The highest BCUT2D eigenvalue weighted by molar-refractivity contribution is 7.88. The summed E-state index contributed by atoms with van der Waals surface area (Å²) in [4.78, 5) is 13.8. The predicted molar refractivity (Wildman–Crippen MR) is 71.0 cm³/mol. The van der Waals surface area contributed by atoms with Crippen LogP contribution in [-0.4, -0.2) is 36.6 Å². The number of nitro benzene ring substituents is 1. The van der Waals surface area contributed by atoms with Gasteiger partial charge in [-0.05, 0) is 19.1 Å². The van der Waals surface area contributed by atoms with Crippen LogP contribution in [0.25, 0.3) is 0 Å². The Morgan fingerprint density at radius 1 is 1.30 bits per heavy atom. The molecule has 0 N–H and O–H groups in total. The molecule has 0 unspecified atom stereocenters. The van der Waals surface area contributed by atoms with E-state index < -0.39 is 15.1 Å². The van der Waals surface area contributed by atoms with Crippen molar-refractivity contribution in [2.45, 2.75) is 6.92 Å². The highest BCUT2D eigenvalue weighted by Crippen LogP contribution is 2.19. The van der Waals surface area contributed by atoms with Crippen LogP contribution in [0.3, 0.4) is 0 Å². The number of rotatable bonds is 2. The van der Waals surface area contributed by atoms with Crippen LogP contribution >= 0.6 is 0 Å². The maximum Gasteiger partial charge on any atom is 0.349 e. The first-order valence-corrected chi connectivity index (χ1v) is 6.76. The molecule has 0 radical (unpaired) electrons. The van der Waals surface area contributed by atoms with E-state index in [-0.39, 0.29) is 23.3 Å². The highest BCUT2D eigenvalue weighted by Gasteiger charge is 2.27. The lowest BCUT2D eigenvalue weighted by atomic mass is 10.3. The van der Waals surface area contributed by atoms with Crippen LogP contribution in [0.1, 0.15) is 6.92 Å². The molecule has 0 amide bonds. The van der Waals surface area contributed by atoms with Crippen LogP contribution in [0.2, 0.25) is 0 Å². The number of benzene rings is 1. The van der Waals surface area contributed by atoms with Crippen LogP contribution in [0.5, 0.6) is 5.75 Å². The van der Waals surface area contributed by atoms with E-state index in [4.69, 9.17) is 4.74 Å². The number of ether oxygens (including phenoxy) is 1. The lowest BCUT2D eigenvalue weighted by Crippen LogP contribution is -2.39. The van der Waals surface area contributed by atoms with Crippen LogP contribution in [0.15, 0.2) is 33.7 Å². The molecule has 0 aromatic heterocycles. The normalized spacial score (nSPS) is 17.2. The van der Waals surface area contributed by atoms with Crippen molar-refractivity contribution in [1.82, 2.24) is 4.31 Å². The van der Waals surface area contributed by atoms with E-state index in [1.165, 1.54) is 38.2 Å². The van der Waals surface area contributed by atoms with Gasteiger partial charge in [-0.1, -0.05) is 0 Å². The van der Waals surface area contributed by atoms with Gasteiger partial charge in [-0.3, -0.25) is 10.1 Å². The number of amidine groups is 2. The zero-order valence-electron chi connectivity index (χ0n) is 10.5. The molecule has 10 heteroatoms. The maximum atomic E-state index is 11.6. The predicted octanol–water partition coefficient (Wildman–Crippen LogP) is 0.938. The molecule has 20 heavy (non-hydrogen) atoms. The van der Waals surface area contributed by atoms with Crippen molar-refractivity contribution in [1.29, 1.82) is 0 Å². The molecule has 1 aliphatic rings. The van der Waals surface area contributed by atoms with Gasteiger partial charge in [0, 0.05) is 19.2 Å². The largest absolute Gasteiger partial charge is 0.425 e. The second-order valence-electron chi connectivity index (χ2n) is 3.83. The lowest BCUT2D eigenvalue weighted by Gasteiger charge is -2.21. The minimum atomic E-state index is -3.84. The molecule has 106 valence electrons. The third-order valence-corrected chi connectivity index (χ3v) is 3.72. The van der Waals surface area contributed by atoms with Gasteiger partial charge in [-0.25, -0.2) is 4.31 Å². The van der Waals surface area contributed by atoms with Crippen LogP contribution in [0.4, 0.5) is 5.69 Å². The number of nitrogens with zero attached hydrogens (tertiary/aromatic N) is 4. The number of non-ortho nitro benzene ring substituents is 1. The summed E-state index contributed by atoms with van der Waals surface area (Å²) in [5.41, 5.74) is -0.0957. The van der Waals surface area contributed by atoms with Gasteiger partial charge in [0.2, 0.25) is 0 Å². The zero-order valence-corrected chi connectivity index (χ0v) is 11.4. The van der Waals surface area contributed by atoms with Crippen molar-refractivity contribution in [2.75, 3.05) is 7.05 Å². The van der Waals surface area contributed by atoms with Gasteiger partial charge in [0.05, 0.1) is 4.92 Å². The Balaban J connectivity index is 2.26. The van der Waals surface area contributed by atoms with Crippen molar-refractivity contribution >= 4 is 27.8 Å². The van der Waals surface area contributed by atoms with Crippen molar-refractivity contribution < 1.29 is 18.1 Å². The topological polar surface area (TPSA) is 114 Å². The fraction of sp³-hybridized carbons (Fsp3) is 0.200. The molecular formula is C10H10N4O5S. The van der Waals surface area contributed by atoms with Crippen molar-refractivity contribution in [3.8, 4) is 5.75 Å². The Labute approximate surface area is 114 Å².